The molecule has 2 heterocycles. The van der Waals surface area contributed by atoms with Crippen LogP contribution in [0.2, 0.25) is 5.02 Å². The van der Waals surface area contributed by atoms with Gasteiger partial charge in [-0.2, -0.15) is 0 Å². The number of nitrogens with one attached hydrogen (secondary N) is 1. The first kappa shape index (κ1) is 17.7. The molecule has 4 rings (SSSR count). The molecule has 1 aliphatic rings. The topological polar surface area (TPSA) is 64.4 Å². The van der Waals surface area contributed by atoms with E-state index in [-0.39, 0.29) is 11.8 Å². The molecule has 0 atom stereocenters. The highest BCUT2D eigenvalue weighted by Gasteiger charge is 2.24. The van der Waals surface area contributed by atoms with Crippen LogP contribution >= 0.6 is 23.4 Å². The number of aromatic nitrogens is 1. The maximum absolute atomic E-state index is 12.7. The molecule has 0 unspecified atom stereocenters. The number of carbonyl (C=O) groups is 1. The Morgan fingerprint density at radius 1 is 1.07 bits per heavy atom. The second-order valence-electron chi connectivity index (χ2n) is 5.76. The molecule has 0 aliphatic carbocycles. The number of benzene rings is 2. The molecule has 0 spiro atoms. The molecule has 5 nitrogen and oxygen atoms in total. The molecule has 1 N–H and O–H groups in total. The highest BCUT2D eigenvalue weighted by Crippen LogP contribution is 2.35. The number of thioether (sulfide) groups is 1. The summed E-state index contributed by atoms with van der Waals surface area (Å²) in [5.41, 5.74) is 2.40. The highest BCUT2D eigenvalue weighted by molar-refractivity contribution is 8.08. The third-order valence-electron chi connectivity index (χ3n) is 3.91. The van der Waals surface area contributed by atoms with Crippen molar-refractivity contribution in [2.45, 2.75) is 0 Å². The van der Waals surface area contributed by atoms with Gasteiger partial charge in [-0.3, -0.25) is 10.1 Å². The van der Waals surface area contributed by atoms with Crippen LogP contribution in [0.25, 0.3) is 16.2 Å². The Morgan fingerprint density at radius 2 is 1.85 bits per heavy atom. The molecule has 1 aromatic heterocycles. The molecular formula is C20H15ClN2O3S. The summed E-state index contributed by atoms with van der Waals surface area (Å²) in [7, 11) is 0. The number of nitrogens with zero attached hydrogens (tertiary/aromatic N) is 1. The Balaban J connectivity index is 1.56. The molecule has 0 bridgehead atoms. The Labute approximate surface area is 165 Å². The van der Waals surface area contributed by atoms with E-state index in [0.717, 1.165) is 21.8 Å². The second-order valence-corrected chi connectivity index (χ2v) is 7.30. The molecule has 0 fully saturated rings. The van der Waals surface area contributed by atoms with E-state index in [1.807, 2.05) is 42.5 Å². The maximum atomic E-state index is 12.7. The van der Waals surface area contributed by atoms with Crippen LogP contribution in [-0.2, 0) is 9.53 Å². The van der Waals surface area contributed by atoms with Gasteiger partial charge >= 0.3 is 0 Å². The van der Waals surface area contributed by atoms with Crippen LogP contribution in [0.1, 0.15) is 5.56 Å². The average Bonchev–Trinajstić information content (AvgIpc) is 3.17. The third-order valence-corrected chi connectivity index (χ3v) is 5.24. The summed E-state index contributed by atoms with van der Waals surface area (Å²) in [6.07, 6.45) is 0. The highest BCUT2D eigenvalue weighted by atomic mass is 35.5. The Kier molecular flexibility index (Phi) is 5.18. The van der Waals surface area contributed by atoms with Crippen molar-refractivity contribution in [1.82, 2.24) is 5.16 Å². The first-order valence-corrected chi connectivity index (χ1v) is 9.66. The molecule has 136 valence electrons. The Morgan fingerprint density at radius 3 is 2.63 bits per heavy atom. The van der Waals surface area contributed by atoms with E-state index in [1.54, 1.807) is 30.0 Å². The van der Waals surface area contributed by atoms with Crippen LogP contribution < -0.4 is 5.32 Å². The molecule has 3 aromatic rings. The monoisotopic (exact) mass is 398 g/mol. The van der Waals surface area contributed by atoms with E-state index in [9.17, 15) is 4.79 Å². The summed E-state index contributed by atoms with van der Waals surface area (Å²) in [4.78, 5) is 13.5. The lowest BCUT2D eigenvalue weighted by atomic mass is 10.1. The fourth-order valence-electron chi connectivity index (χ4n) is 2.65. The Bertz CT molecular complexity index is 984. The molecular weight excluding hydrogens is 384 g/mol. The van der Waals surface area contributed by atoms with Crippen molar-refractivity contribution in [2.24, 2.45) is 0 Å². The van der Waals surface area contributed by atoms with E-state index in [1.165, 1.54) is 0 Å². The van der Waals surface area contributed by atoms with Gasteiger partial charge in [-0.15, -0.1) is 11.8 Å². The van der Waals surface area contributed by atoms with E-state index in [0.29, 0.717) is 23.1 Å². The van der Waals surface area contributed by atoms with E-state index >= 15 is 0 Å². The number of amides is 1. The molecule has 27 heavy (non-hydrogen) atoms. The summed E-state index contributed by atoms with van der Waals surface area (Å²) in [6.45, 7) is 0.482. The number of hydrogen-bond donors (Lipinski definition) is 1. The largest absolute Gasteiger partial charge is 0.486 e. The fraction of sp³-hybridized carbons (Fsp3) is 0.100. The minimum atomic E-state index is -0.361. The van der Waals surface area contributed by atoms with Gasteiger partial charge in [-0.05, 0) is 17.7 Å². The van der Waals surface area contributed by atoms with Gasteiger partial charge in [0.2, 0.25) is 5.88 Å². The molecule has 1 amide bonds. The van der Waals surface area contributed by atoms with Crippen molar-refractivity contribution >= 4 is 40.1 Å². The zero-order chi connectivity index (χ0) is 18.6. The lowest BCUT2D eigenvalue weighted by Gasteiger charge is -2.20. The molecule has 0 radical (unpaired) electrons. The summed E-state index contributed by atoms with van der Waals surface area (Å²) in [5.74, 6) is 0.982. The summed E-state index contributed by atoms with van der Waals surface area (Å²) < 4.78 is 10.9. The van der Waals surface area contributed by atoms with Crippen LogP contribution in [0, 0.1) is 0 Å². The van der Waals surface area contributed by atoms with Crippen molar-refractivity contribution < 1.29 is 14.1 Å². The lowest BCUT2D eigenvalue weighted by Crippen LogP contribution is -2.20. The average molecular weight is 399 g/mol. The summed E-state index contributed by atoms with van der Waals surface area (Å²) in [5, 5.41) is 7.36. The van der Waals surface area contributed by atoms with Gasteiger partial charge in [0.25, 0.3) is 5.91 Å². The van der Waals surface area contributed by atoms with Gasteiger partial charge in [-0.1, -0.05) is 59.2 Å². The first-order chi connectivity index (χ1) is 13.2. The van der Waals surface area contributed by atoms with Crippen molar-refractivity contribution in [3.63, 3.8) is 0 Å². The van der Waals surface area contributed by atoms with Gasteiger partial charge in [0.1, 0.15) is 5.69 Å². The summed E-state index contributed by atoms with van der Waals surface area (Å²) >= 11 is 7.50. The third kappa shape index (κ3) is 4.02. The van der Waals surface area contributed by atoms with Crippen LogP contribution in [0.15, 0.2) is 70.9 Å². The number of anilines is 1. The molecule has 1 aliphatic heterocycles. The predicted octanol–water partition coefficient (Wildman–Crippen LogP) is 5.07. The zero-order valence-corrected chi connectivity index (χ0v) is 15.7. The standard InChI is InChI=1S/C20H15ClN2O3S/c21-15-8-6-13(7-9-15)16-12-17(26-23-16)22-20(24)18-19(27-11-10-25-18)14-4-2-1-3-5-14/h1-9,12H,10-11H2,(H,22,24). The molecule has 7 heteroatoms. The SMILES string of the molecule is O=C(Nc1cc(-c2ccc(Cl)cc2)no1)C1=C(c2ccccc2)SCCO1. The van der Waals surface area contributed by atoms with Crippen molar-refractivity contribution in [2.75, 3.05) is 17.7 Å². The van der Waals surface area contributed by atoms with E-state index < -0.39 is 0 Å². The summed E-state index contributed by atoms with van der Waals surface area (Å²) in [6, 6.07) is 18.6. The van der Waals surface area contributed by atoms with Crippen molar-refractivity contribution in [1.29, 1.82) is 0 Å². The molecule has 0 saturated carbocycles. The van der Waals surface area contributed by atoms with Gasteiger partial charge < -0.3 is 9.26 Å². The van der Waals surface area contributed by atoms with Gasteiger partial charge in [-0.25, -0.2) is 0 Å². The number of carbonyl (C=O) groups excluding carboxylic acids is 1. The second kappa shape index (κ2) is 7.90. The first-order valence-electron chi connectivity index (χ1n) is 8.30. The Hall–Kier alpha value is -2.70. The number of halogens is 1. The van der Waals surface area contributed by atoms with Crippen molar-refractivity contribution in [3.8, 4) is 11.3 Å². The van der Waals surface area contributed by atoms with Crippen LogP contribution in [0.3, 0.4) is 0 Å². The minimum absolute atomic E-state index is 0.254. The number of ether oxygens (including phenoxy) is 1. The quantitative estimate of drug-likeness (QED) is 0.665. The van der Waals surface area contributed by atoms with Gasteiger partial charge in [0, 0.05) is 22.4 Å². The van der Waals surface area contributed by atoms with E-state index in [4.69, 9.17) is 20.9 Å². The number of rotatable bonds is 4. The van der Waals surface area contributed by atoms with Crippen LogP contribution in [0.4, 0.5) is 5.88 Å². The van der Waals surface area contributed by atoms with Gasteiger partial charge in [0.05, 0.1) is 11.5 Å². The van der Waals surface area contributed by atoms with Crippen LogP contribution in [0.5, 0.6) is 0 Å². The lowest BCUT2D eigenvalue weighted by molar-refractivity contribution is -0.116. The smallest absolute Gasteiger partial charge is 0.294 e. The van der Waals surface area contributed by atoms with Crippen molar-refractivity contribution in [3.05, 3.63) is 77.0 Å². The normalized spacial score (nSPS) is 14.0. The minimum Gasteiger partial charge on any atom is -0.486 e. The van der Waals surface area contributed by atoms with Gasteiger partial charge in [0.15, 0.2) is 5.76 Å². The fourth-order valence-corrected chi connectivity index (χ4v) is 3.73. The molecule has 2 aromatic carbocycles. The molecule has 0 saturated heterocycles. The van der Waals surface area contributed by atoms with E-state index in [2.05, 4.69) is 10.5 Å². The predicted molar refractivity (Wildman–Crippen MR) is 107 cm³/mol. The zero-order valence-electron chi connectivity index (χ0n) is 14.1. The maximum Gasteiger partial charge on any atom is 0.294 e. The number of hydrogen-bond acceptors (Lipinski definition) is 5. The van der Waals surface area contributed by atoms with Crippen LogP contribution in [-0.4, -0.2) is 23.4 Å².